The van der Waals surface area contributed by atoms with Crippen molar-refractivity contribution in [2.45, 2.75) is 19.1 Å². The van der Waals surface area contributed by atoms with Crippen LogP contribution in [0.1, 0.15) is 23.6 Å². The van der Waals surface area contributed by atoms with Crippen LogP contribution >= 0.6 is 0 Å². The summed E-state index contributed by atoms with van der Waals surface area (Å²) < 4.78 is 10.6. The first kappa shape index (κ1) is 16.6. The minimum Gasteiger partial charge on any atom is -0.481 e. The number of hydrogen-bond donors (Lipinski definition) is 2. The van der Waals surface area contributed by atoms with Crippen molar-refractivity contribution in [3.63, 3.8) is 0 Å². The Kier molecular flexibility index (Phi) is 4.99. The molecule has 0 spiro atoms. The lowest BCUT2D eigenvalue weighted by atomic mass is 10.0. The summed E-state index contributed by atoms with van der Waals surface area (Å²) in [5, 5.41) is 12.5. The van der Waals surface area contributed by atoms with Gasteiger partial charge >= 0.3 is 12.1 Å². The maximum atomic E-state index is 12.1. The van der Waals surface area contributed by atoms with E-state index in [9.17, 15) is 9.59 Å². The van der Waals surface area contributed by atoms with Crippen molar-refractivity contribution >= 4 is 23.0 Å². The third kappa shape index (κ3) is 4.17. The molecule has 0 saturated heterocycles. The van der Waals surface area contributed by atoms with Crippen molar-refractivity contribution in [3.8, 4) is 0 Å². The first-order chi connectivity index (χ1) is 12.1. The van der Waals surface area contributed by atoms with Crippen LogP contribution in [0.2, 0.25) is 0 Å². The van der Waals surface area contributed by atoms with Gasteiger partial charge in [0.2, 0.25) is 0 Å². The summed E-state index contributed by atoms with van der Waals surface area (Å²) in [4.78, 5) is 23.3. The average Bonchev–Trinajstić information content (AvgIpc) is 3.04. The lowest BCUT2D eigenvalue weighted by Gasteiger charge is -2.16. The van der Waals surface area contributed by atoms with E-state index in [0.29, 0.717) is 11.1 Å². The van der Waals surface area contributed by atoms with Gasteiger partial charge in [0.05, 0.1) is 18.7 Å². The normalized spacial score (nSPS) is 11.8. The molecule has 0 saturated carbocycles. The number of para-hydroxylation sites is 1. The highest BCUT2D eigenvalue weighted by atomic mass is 16.5. The van der Waals surface area contributed by atoms with Crippen LogP contribution in [-0.4, -0.2) is 17.2 Å². The molecule has 1 amide bonds. The number of carbonyl (C=O) groups excluding carboxylic acids is 1. The van der Waals surface area contributed by atoms with E-state index < -0.39 is 18.1 Å². The fourth-order valence-corrected chi connectivity index (χ4v) is 2.59. The summed E-state index contributed by atoms with van der Waals surface area (Å²) in [7, 11) is 0. The Morgan fingerprint density at radius 1 is 1.08 bits per heavy atom. The molecule has 0 fully saturated rings. The fourth-order valence-electron chi connectivity index (χ4n) is 2.59. The number of carbonyl (C=O) groups is 2. The Labute approximate surface area is 144 Å². The number of aliphatic carboxylic acids is 1. The minimum absolute atomic E-state index is 0.110. The maximum absolute atomic E-state index is 12.1. The van der Waals surface area contributed by atoms with Gasteiger partial charge in [0.25, 0.3) is 0 Å². The maximum Gasteiger partial charge on any atom is 0.407 e. The number of carboxylic acid groups (broad SMARTS) is 1. The number of alkyl carbamates (subject to hydrolysis) is 1. The summed E-state index contributed by atoms with van der Waals surface area (Å²) in [6.07, 6.45) is 0.514. The second-order valence-corrected chi connectivity index (χ2v) is 5.54. The molecule has 3 rings (SSSR count). The van der Waals surface area contributed by atoms with Gasteiger partial charge in [-0.3, -0.25) is 4.79 Å². The molecule has 25 heavy (non-hydrogen) atoms. The molecule has 0 aliphatic heterocycles. The van der Waals surface area contributed by atoms with Gasteiger partial charge in [0.1, 0.15) is 12.2 Å². The number of benzene rings is 2. The van der Waals surface area contributed by atoms with E-state index in [2.05, 4.69) is 5.32 Å². The molecule has 2 N–H and O–H groups in total. The second-order valence-electron chi connectivity index (χ2n) is 5.54. The molecular weight excluding hydrogens is 322 g/mol. The van der Waals surface area contributed by atoms with Crippen molar-refractivity contribution in [3.05, 3.63) is 72.0 Å². The number of fused-ring (bicyclic) bond motifs is 1. The van der Waals surface area contributed by atoms with Gasteiger partial charge in [0, 0.05) is 10.9 Å². The largest absolute Gasteiger partial charge is 0.481 e. The zero-order valence-electron chi connectivity index (χ0n) is 13.3. The summed E-state index contributed by atoms with van der Waals surface area (Å²) in [6.45, 7) is 0.110. The van der Waals surface area contributed by atoms with Gasteiger partial charge in [-0.05, 0) is 11.6 Å². The lowest BCUT2D eigenvalue weighted by molar-refractivity contribution is -0.137. The fraction of sp³-hybridized carbons (Fsp3) is 0.158. The van der Waals surface area contributed by atoms with E-state index in [1.165, 1.54) is 6.26 Å². The number of rotatable bonds is 6. The third-order valence-corrected chi connectivity index (χ3v) is 3.77. The van der Waals surface area contributed by atoms with Gasteiger partial charge in [0.15, 0.2) is 0 Å². The van der Waals surface area contributed by atoms with Gasteiger partial charge < -0.3 is 19.6 Å². The first-order valence-corrected chi connectivity index (χ1v) is 7.78. The number of hydrogen-bond acceptors (Lipinski definition) is 4. The van der Waals surface area contributed by atoms with Gasteiger partial charge in [-0.15, -0.1) is 0 Å². The van der Waals surface area contributed by atoms with Gasteiger partial charge in [-0.25, -0.2) is 4.79 Å². The number of ether oxygens (including phenoxy) is 1. The zero-order chi connectivity index (χ0) is 17.6. The van der Waals surface area contributed by atoms with Crippen LogP contribution in [0.25, 0.3) is 11.0 Å². The van der Waals surface area contributed by atoms with Gasteiger partial charge in [-0.1, -0.05) is 48.5 Å². The van der Waals surface area contributed by atoms with Crippen molar-refractivity contribution in [1.82, 2.24) is 5.32 Å². The minimum atomic E-state index is -1.03. The number of nitrogens with one attached hydrogen (secondary N) is 1. The van der Waals surface area contributed by atoms with Crippen LogP contribution in [0.3, 0.4) is 0 Å². The summed E-state index contributed by atoms with van der Waals surface area (Å²) in [5.41, 5.74) is 2.09. The van der Waals surface area contributed by atoms with E-state index in [0.717, 1.165) is 10.9 Å². The molecule has 1 aromatic heterocycles. The molecule has 0 unspecified atom stereocenters. The molecule has 128 valence electrons. The Morgan fingerprint density at radius 2 is 1.80 bits per heavy atom. The Bertz CT molecular complexity index is 872. The molecular formula is C19H17NO5. The topological polar surface area (TPSA) is 88.8 Å². The number of carboxylic acids is 1. The average molecular weight is 339 g/mol. The van der Waals surface area contributed by atoms with Crippen LogP contribution in [0.15, 0.2) is 65.3 Å². The molecule has 6 heteroatoms. The molecule has 0 aliphatic rings. The second kappa shape index (κ2) is 7.53. The first-order valence-electron chi connectivity index (χ1n) is 7.78. The SMILES string of the molecule is O=C(O)C[C@@H](NC(=O)OCc1ccccc1)c1coc2ccccc12. The molecule has 2 aromatic carbocycles. The highest BCUT2D eigenvalue weighted by Gasteiger charge is 2.22. The lowest BCUT2D eigenvalue weighted by Crippen LogP contribution is -2.30. The molecule has 0 radical (unpaired) electrons. The smallest absolute Gasteiger partial charge is 0.407 e. The van der Waals surface area contributed by atoms with E-state index in [1.807, 2.05) is 48.5 Å². The molecule has 1 heterocycles. The van der Waals surface area contributed by atoms with E-state index >= 15 is 0 Å². The third-order valence-electron chi connectivity index (χ3n) is 3.77. The van der Waals surface area contributed by atoms with Crippen LogP contribution in [0.4, 0.5) is 4.79 Å². The van der Waals surface area contributed by atoms with E-state index in [-0.39, 0.29) is 13.0 Å². The van der Waals surface area contributed by atoms with Crippen LogP contribution < -0.4 is 5.32 Å². The van der Waals surface area contributed by atoms with Crippen molar-refractivity contribution < 1.29 is 23.8 Å². The quantitative estimate of drug-likeness (QED) is 0.711. The highest BCUT2D eigenvalue weighted by molar-refractivity contribution is 5.83. The summed E-state index contributed by atoms with van der Waals surface area (Å²) >= 11 is 0. The van der Waals surface area contributed by atoms with Crippen molar-refractivity contribution in [1.29, 1.82) is 0 Å². The van der Waals surface area contributed by atoms with E-state index in [4.69, 9.17) is 14.3 Å². The Balaban J connectivity index is 1.72. The number of amides is 1. The molecule has 3 aromatic rings. The number of furan rings is 1. The predicted octanol–water partition coefficient (Wildman–Crippen LogP) is 3.88. The molecule has 0 aliphatic carbocycles. The molecule has 1 atom stereocenters. The molecule has 6 nitrogen and oxygen atoms in total. The Hall–Kier alpha value is -3.28. The van der Waals surface area contributed by atoms with Crippen molar-refractivity contribution in [2.75, 3.05) is 0 Å². The van der Waals surface area contributed by atoms with Gasteiger partial charge in [-0.2, -0.15) is 0 Å². The van der Waals surface area contributed by atoms with Crippen molar-refractivity contribution in [2.24, 2.45) is 0 Å². The summed E-state index contributed by atoms with van der Waals surface area (Å²) in [5.74, 6) is -1.03. The zero-order valence-corrected chi connectivity index (χ0v) is 13.3. The van der Waals surface area contributed by atoms with Crippen LogP contribution in [-0.2, 0) is 16.1 Å². The van der Waals surface area contributed by atoms with E-state index in [1.54, 1.807) is 6.07 Å². The summed E-state index contributed by atoms with van der Waals surface area (Å²) in [6, 6.07) is 15.8. The van der Waals surface area contributed by atoms with Crippen LogP contribution in [0, 0.1) is 0 Å². The molecule has 0 bridgehead atoms. The Morgan fingerprint density at radius 3 is 2.56 bits per heavy atom. The monoisotopic (exact) mass is 339 g/mol. The van der Waals surface area contributed by atoms with Crippen LogP contribution in [0.5, 0.6) is 0 Å². The standard InChI is InChI=1S/C19H17NO5/c21-18(22)10-16(15-12-24-17-9-5-4-8-14(15)17)20-19(23)25-11-13-6-2-1-3-7-13/h1-9,12,16H,10-11H2,(H,20,23)(H,21,22)/t16-/m1/s1. The highest BCUT2D eigenvalue weighted by Crippen LogP contribution is 2.28. The predicted molar refractivity (Wildman–Crippen MR) is 91.0 cm³/mol.